The van der Waals surface area contributed by atoms with Crippen LogP contribution in [0.4, 0.5) is 8.78 Å². The fourth-order valence-corrected chi connectivity index (χ4v) is 7.67. The zero-order valence-electron chi connectivity index (χ0n) is 9.42. The van der Waals surface area contributed by atoms with Crippen molar-refractivity contribution in [2.24, 2.45) is 47.3 Å². The molecule has 0 aromatic rings. The highest BCUT2D eigenvalue weighted by molar-refractivity contribution is 5.78. The Morgan fingerprint density at radius 3 is 2.67 bits per heavy atom. The molecule has 0 unspecified atom stereocenters. The standard InChI is InChI=1S/C13H12F2O3/c14-13(15,11(16)17)12-8-3-1-2-4-5(3)9(12)7(4)10(18-12)6(2)8/h2-10H,1H2,(H,16,17)/t2-,3-,4-,5-,6+,7+,8+,9-,10+,12-/m0/s1. The summed E-state index contributed by atoms with van der Waals surface area (Å²) < 4.78 is 34.4. The van der Waals surface area contributed by atoms with Crippen LogP contribution in [0.3, 0.4) is 0 Å². The summed E-state index contributed by atoms with van der Waals surface area (Å²) in [6.45, 7) is 0. The molecular formula is C13H12F2O3. The molecule has 0 amide bonds. The smallest absolute Gasteiger partial charge is 0.377 e. The third-order valence-corrected chi connectivity index (χ3v) is 7.46. The van der Waals surface area contributed by atoms with E-state index < -0.39 is 17.5 Å². The first-order valence-electron chi connectivity index (χ1n) is 6.81. The molecule has 0 aromatic carbocycles. The van der Waals surface area contributed by atoms with Gasteiger partial charge in [-0.3, -0.25) is 0 Å². The minimum atomic E-state index is -3.71. The normalized spacial score (nSPS) is 71.6. The van der Waals surface area contributed by atoms with Gasteiger partial charge < -0.3 is 9.84 Å². The van der Waals surface area contributed by atoms with E-state index in [-0.39, 0.29) is 29.8 Å². The van der Waals surface area contributed by atoms with Gasteiger partial charge in [0.25, 0.3) is 0 Å². The van der Waals surface area contributed by atoms with Crippen molar-refractivity contribution in [1.82, 2.24) is 0 Å². The van der Waals surface area contributed by atoms with Crippen molar-refractivity contribution in [2.75, 3.05) is 0 Å². The molecule has 3 nitrogen and oxygen atoms in total. The Morgan fingerprint density at radius 1 is 1.17 bits per heavy atom. The Bertz CT molecular complexity index is 524. The summed E-state index contributed by atoms with van der Waals surface area (Å²) in [5.74, 6) is -3.63. The first-order valence-corrected chi connectivity index (χ1v) is 6.81. The molecule has 7 aliphatic rings. The molecule has 0 radical (unpaired) electrons. The Labute approximate surface area is 101 Å². The summed E-state index contributed by atoms with van der Waals surface area (Å²) in [5, 5.41) is 8.95. The van der Waals surface area contributed by atoms with Crippen LogP contribution >= 0.6 is 0 Å². The molecule has 0 aromatic heterocycles. The summed E-state index contributed by atoms with van der Waals surface area (Å²) in [5.41, 5.74) is -1.63. The molecule has 7 fully saturated rings. The first-order chi connectivity index (χ1) is 8.52. The van der Waals surface area contributed by atoms with Crippen LogP contribution in [-0.2, 0) is 9.53 Å². The van der Waals surface area contributed by atoms with E-state index in [1.54, 1.807) is 0 Å². The number of carbonyl (C=O) groups is 1. The second-order valence-electron chi connectivity index (χ2n) is 7.18. The van der Waals surface area contributed by atoms with Crippen LogP contribution in [0, 0.1) is 47.3 Å². The molecule has 4 bridgehead atoms. The molecule has 2 heterocycles. The zero-order valence-corrected chi connectivity index (χ0v) is 9.42. The SMILES string of the molecule is O=C(O)C(F)(F)[C@@]12O[C@H]3[C@@H]4[C@H]5[C@@H]6C[C@@H]([C@@H]5[C@@H]41)[C@@H]2[C@@H]63. The molecule has 96 valence electrons. The largest absolute Gasteiger partial charge is 0.477 e. The van der Waals surface area contributed by atoms with Gasteiger partial charge in [0.1, 0.15) is 0 Å². The molecule has 18 heavy (non-hydrogen) atoms. The topological polar surface area (TPSA) is 46.5 Å². The maximum absolute atomic E-state index is 14.3. The number of halogens is 2. The average molecular weight is 254 g/mol. The molecule has 0 spiro atoms. The van der Waals surface area contributed by atoms with Crippen molar-refractivity contribution in [3.8, 4) is 0 Å². The summed E-state index contributed by atoms with van der Waals surface area (Å²) in [4.78, 5) is 11.0. The quantitative estimate of drug-likeness (QED) is 0.806. The molecule has 2 aliphatic heterocycles. The lowest BCUT2D eigenvalue weighted by molar-refractivity contribution is -0.222. The highest BCUT2D eigenvalue weighted by Gasteiger charge is 2.97. The van der Waals surface area contributed by atoms with Gasteiger partial charge in [-0.2, -0.15) is 8.78 Å². The van der Waals surface area contributed by atoms with Crippen LogP contribution < -0.4 is 0 Å². The van der Waals surface area contributed by atoms with E-state index >= 15 is 0 Å². The van der Waals surface area contributed by atoms with Crippen molar-refractivity contribution in [3.63, 3.8) is 0 Å². The van der Waals surface area contributed by atoms with Gasteiger partial charge in [-0.05, 0) is 41.9 Å². The Kier molecular flexibility index (Phi) is 1.04. The van der Waals surface area contributed by atoms with E-state index in [1.807, 2.05) is 0 Å². The van der Waals surface area contributed by atoms with Gasteiger partial charge in [0.05, 0.1) is 6.10 Å². The van der Waals surface area contributed by atoms with E-state index in [4.69, 9.17) is 9.84 Å². The maximum atomic E-state index is 14.3. The second-order valence-corrected chi connectivity index (χ2v) is 7.18. The fraction of sp³-hybridized carbons (Fsp3) is 0.923. The van der Waals surface area contributed by atoms with E-state index in [2.05, 4.69) is 0 Å². The van der Waals surface area contributed by atoms with Crippen molar-refractivity contribution in [2.45, 2.75) is 24.0 Å². The summed E-state index contributed by atoms with van der Waals surface area (Å²) >= 11 is 0. The Morgan fingerprint density at radius 2 is 1.94 bits per heavy atom. The van der Waals surface area contributed by atoms with Gasteiger partial charge in [0, 0.05) is 11.8 Å². The van der Waals surface area contributed by atoms with Crippen LogP contribution in [0.15, 0.2) is 0 Å². The van der Waals surface area contributed by atoms with Crippen LogP contribution in [0.1, 0.15) is 6.42 Å². The molecule has 5 saturated carbocycles. The zero-order chi connectivity index (χ0) is 12.2. The molecule has 10 atom stereocenters. The number of carboxylic acids is 1. The second kappa shape index (κ2) is 2.03. The summed E-state index contributed by atoms with van der Waals surface area (Å²) in [6.07, 6.45) is 1.03. The van der Waals surface area contributed by atoms with Crippen LogP contribution in [-0.4, -0.2) is 28.7 Å². The number of aliphatic carboxylic acids is 1. The maximum Gasteiger partial charge on any atom is 0.377 e. The van der Waals surface area contributed by atoms with Gasteiger partial charge in [-0.15, -0.1) is 0 Å². The van der Waals surface area contributed by atoms with E-state index in [0.717, 1.165) is 6.42 Å². The number of carboxylic acid groups (broad SMARTS) is 1. The number of rotatable bonds is 2. The Hall–Kier alpha value is -0.710. The van der Waals surface area contributed by atoms with E-state index in [9.17, 15) is 13.6 Å². The monoisotopic (exact) mass is 254 g/mol. The lowest BCUT2D eigenvalue weighted by atomic mass is 9.56. The lowest BCUT2D eigenvalue weighted by Crippen LogP contribution is -2.61. The summed E-state index contributed by atoms with van der Waals surface area (Å²) in [6, 6.07) is 0. The highest BCUT2D eigenvalue weighted by atomic mass is 19.3. The Balaban J connectivity index is 1.65. The molecule has 5 heteroatoms. The molecule has 7 rings (SSSR count). The molecule has 5 aliphatic carbocycles. The van der Waals surface area contributed by atoms with Crippen LogP contribution in [0.25, 0.3) is 0 Å². The van der Waals surface area contributed by atoms with Crippen LogP contribution in [0.2, 0.25) is 0 Å². The van der Waals surface area contributed by atoms with Gasteiger partial charge in [0.2, 0.25) is 0 Å². The minimum Gasteiger partial charge on any atom is -0.477 e. The van der Waals surface area contributed by atoms with Gasteiger partial charge in [-0.1, -0.05) is 0 Å². The summed E-state index contributed by atoms with van der Waals surface area (Å²) in [7, 11) is 0. The third-order valence-electron chi connectivity index (χ3n) is 7.46. The van der Waals surface area contributed by atoms with E-state index in [1.165, 1.54) is 0 Å². The average Bonchev–Trinajstić information content (AvgIpc) is 2.86. The van der Waals surface area contributed by atoms with Crippen molar-refractivity contribution >= 4 is 5.97 Å². The van der Waals surface area contributed by atoms with Gasteiger partial charge in [-0.25, -0.2) is 4.79 Å². The van der Waals surface area contributed by atoms with Crippen molar-refractivity contribution < 1.29 is 23.4 Å². The predicted octanol–water partition coefficient (Wildman–Crippen LogP) is 1.23. The van der Waals surface area contributed by atoms with Crippen molar-refractivity contribution in [3.05, 3.63) is 0 Å². The minimum absolute atomic E-state index is 0.0380. The molecular weight excluding hydrogens is 242 g/mol. The van der Waals surface area contributed by atoms with Crippen LogP contribution in [0.5, 0.6) is 0 Å². The highest BCUT2D eigenvalue weighted by Crippen LogP contribution is 2.91. The van der Waals surface area contributed by atoms with E-state index in [0.29, 0.717) is 23.7 Å². The predicted molar refractivity (Wildman–Crippen MR) is 52.7 cm³/mol. The number of ether oxygens (including phenoxy) is 1. The third kappa shape index (κ3) is 0.497. The van der Waals surface area contributed by atoms with Gasteiger partial charge >= 0.3 is 11.9 Å². The lowest BCUT2D eigenvalue weighted by Gasteiger charge is -2.46. The fourth-order valence-electron chi connectivity index (χ4n) is 7.67. The number of hydrogen-bond acceptors (Lipinski definition) is 2. The first kappa shape index (κ1) is 9.23. The number of hydrogen-bond donors (Lipinski definition) is 1. The molecule has 1 N–H and O–H groups in total. The molecule has 2 saturated heterocycles. The number of alkyl halides is 2. The van der Waals surface area contributed by atoms with Crippen molar-refractivity contribution in [1.29, 1.82) is 0 Å². The van der Waals surface area contributed by atoms with Gasteiger partial charge in [0.15, 0.2) is 5.60 Å².